The van der Waals surface area contributed by atoms with E-state index in [1.54, 1.807) is 0 Å². The topological polar surface area (TPSA) is 37.8 Å². The highest BCUT2D eigenvalue weighted by molar-refractivity contribution is 8.06. The van der Waals surface area contributed by atoms with Gasteiger partial charge >= 0.3 is 0 Å². The molecule has 0 spiro atoms. The Kier molecular flexibility index (Phi) is 5.83. The standard InChI is InChI=1S/C16H27N3S2/c1-6-11-14(21-9-8-20-11)15-18-12(16(3,4)5)10-13(19-15)17-7-2/h10-11,14H,6-9H2,1-5H3,(H,17,18,19). The second-order valence-corrected chi connectivity index (χ2v) is 8.98. The first kappa shape index (κ1) is 16.9. The number of nitrogens with zero attached hydrogens (tertiary/aromatic N) is 2. The summed E-state index contributed by atoms with van der Waals surface area (Å²) in [5.41, 5.74) is 1.19. The molecule has 1 N–H and O–H groups in total. The molecule has 3 nitrogen and oxygen atoms in total. The van der Waals surface area contributed by atoms with E-state index in [1.165, 1.54) is 17.9 Å². The third kappa shape index (κ3) is 4.28. The lowest BCUT2D eigenvalue weighted by molar-refractivity contribution is 0.560. The van der Waals surface area contributed by atoms with Gasteiger partial charge in [-0.1, -0.05) is 27.7 Å². The van der Waals surface area contributed by atoms with Gasteiger partial charge in [0, 0.05) is 34.8 Å². The van der Waals surface area contributed by atoms with E-state index in [0.717, 1.165) is 23.9 Å². The monoisotopic (exact) mass is 325 g/mol. The first-order chi connectivity index (χ1) is 9.95. The summed E-state index contributed by atoms with van der Waals surface area (Å²) in [5.74, 6) is 4.44. The average molecular weight is 326 g/mol. The summed E-state index contributed by atoms with van der Waals surface area (Å²) in [6, 6.07) is 2.11. The highest BCUT2D eigenvalue weighted by Crippen LogP contribution is 2.43. The van der Waals surface area contributed by atoms with Gasteiger partial charge in [-0.2, -0.15) is 11.8 Å². The molecule has 0 aromatic carbocycles. The number of nitrogens with one attached hydrogen (secondary N) is 1. The number of aromatic nitrogens is 2. The zero-order chi connectivity index (χ0) is 15.5. The minimum atomic E-state index is 0.0516. The van der Waals surface area contributed by atoms with Gasteiger partial charge in [-0.15, -0.1) is 11.8 Å². The van der Waals surface area contributed by atoms with Crippen LogP contribution < -0.4 is 5.32 Å². The Morgan fingerprint density at radius 3 is 2.52 bits per heavy atom. The van der Waals surface area contributed by atoms with Crippen molar-refractivity contribution in [3.8, 4) is 0 Å². The highest BCUT2D eigenvalue weighted by Gasteiger charge is 2.30. The molecule has 1 aromatic heterocycles. The molecule has 0 radical (unpaired) electrons. The maximum absolute atomic E-state index is 4.92. The zero-order valence-corrected chi connectivity index (χ0v) is 15.4. The SMILES string of the molecule is CCNc1cc(C(C)(C)C)nc(C2SCCSC2CC)n1. The van der Waals surface area contributed by atoms with Crippen LogP contribution in [0.1, 0.15) is 57.8 Å². The van der Waals surface area contributed by atoms with Crippen molar-refractivity contribution in [2.45, 2.75) is 57.0 Å². The molecule has 118 valence electrons. The molecule has 2 unspecified atom stereocenters. The molecule has 0 saturated carbocycles. The van der Waals surface area contributed by atoms with Gasteiger partial charge in [0.2, 0.25) is 0 Å². The largest absolute Gasteiger partial charge is 0.370 e. The molecular formula is C16H27N3S2. The summed E-state index contributed by atoms with van der Waals surface area (Å²) < 4.78 is 0. The van der Waals surface area contributed by atoms with Crippen LogP contribution in [0.4, 0.5) is 5.82 Å². The Balaban J connectivity index is 2.38. The Morgan fingerprint density at radius 2 is 1.90 bits per heavy atom. The number of hydrogen-bond acceptors (Lipinski definition) is 5. The van der Waals surface area contributed by atoms with Crippen LogP contribution in [-0.4, -0.2) is 33.3 Å². The summed E-state index contributed by atoms with van der Waals surface area (Å²) in [6.07, 6.45) is 1.18. The molecule has 0 amide bonds. The van der Waals surface area contributed by atoms with Gasteiger partial charge in [0.1, 0.15) is 11.6 Å². The predicted molar refractivity (Wildman–Crippen MR) is 96.6 cm³/mol. The molecule has 21 heavy (non-hydrogen) atoms. The van der Waals surface area contributed by atoms with Crippen molar-refractivity contribution in [3.05, 3.63) is 17.6 Å². The molecule has 1 aliphatic rings. The lowest BCUT2D eigenvalue weighted by atomic mass is 9.92. The fourth-order valence-corrected chi connectivity index (χ4v) is 5.38. The van der Waals surface area contributed by atoms with Crippen LogP contribution in [-0.2, 0) is 5.41 Å². The predicted octanol–water partition coefficient (Wildman–Crippen LogP) is 4.51. The van der Waals surface area contributed by atoms with Gasteiger partial charge in [-0.25, -0.2) is 9.97 Å². The summed E-state index contributed by atoms with van der Waals surface area (Å²) in [7, 11) is 0. The van der Waals surface area contributed by atoms with Gasteiger partial charge in [0.05, 0.1) is 10.9 Å². The Bertz CT molecular complexity index is 471. The lowest BCUT2D eigenvalue weighted by Crippen LogP contribution is -2.23. The summed E-state index contributed by atoms with van der Waals surface area (Å²) in [5, 5.41) is 4.42. The average Bonchev–Trinajstić information content (AvgIpc) is 2.46. The van der Waals surface area contributed by atoms with Crippen LogP contribution in [0.25, 0.3) is 0 Å². The maximum Gasteiger partial charge on any atom is 0.145 e. The number of hydrogen-bond donors (Lipinski definition) is 1. The highest BCUT2D eigenvalue weighted by atomic mass is 32.2. The zero-order valence-electron chi connectivity index (χ0n) is 13.8. The van der Waals surface area contributed by atoms with Crippen molar-refractivity contribution >= 4 is 29.3 Å². The molecule has 2 heterocycles. The molecule has 2 rings (SSSR count). The second-order valence-electron chi connectivity index (χ2n) is 6.39. The quantitative estimate of drug-likeness (QED) is 0.882. The molecular weight excluding hydrogens is 298 g/mol. The maximum atomic E-state index is 4.92. The molecule has 0 aliphatic carbocycles. The fraction of sp³-hybridized carbons (Fsp3) is 0.750. The minimum Gasteiger partial charge on any atom is -0.370 e. The smallest absolute Gasteiger partial charge is 0.145 e. The lowest BCUT2D eigenvalue weighted by Gasteiger charge is -2.30. The molecule has 2 atom stereocenters. The Hall–Kier alpha value is -0.420. The molecule has 1 saturated heterocycles. The van der Waals surface area contributed by atoms with Crippen LogP contribution in [0.3, 0.4) is 0 Å². The van der Waals surface area contributed by atoms with Gasteiger partial charge in [0.25, 0.3) is 0 Å². The molecule has 1 aromatic rings. The third-order valence-corrected chi connectivity index (χ3v) is 6.82. The first-order valence-corrected chi connectivity index (χ1v) is 9.92. The normalized spacial score (nSPS) is 23.1. The fourth-order valence-electron chi connectivity index (χ4n) is 2.39. The van der Waals surface area contributed by atoms with Gasteiger partial charge < -0.3 is 5.32 Å². The number of thioether (sulfide) groups is 2. The molecule has 1 aliphatic heterocycles. The van der Waals surface area contributed by atoms with E-state index in [9.17, 15) is 0 Å². The third-order valence-electron chi connectivity index (χ3n) is 3.58. The van der Waals surface area contributed by atoms with E-state index >= 15 is 0 Å². The minimum absolute atomic E-state index is 0.0516. The van der Waals surface area contributed by atoms with Crippen LogP contribution in [0.5, 0.6) is 0 Å². The second kappa shape index (κ2) is 7.23. The van der Waals surface area contributed by atoms with Crippen molar-refractivity contribution in [3.63, 3.8) is 0 Å². The van der Waals surface area contributed by atoms with E-state index in [4.69, 9.17) is 9.97 Å². The van der Waals surface area contributed by atoms with E-state index in [2.05, 4.69) is 57.8 Å². The molecule has 0 bridgehead atoms. The number of anilines is 1. The summed E-state index contributed by atoms with van der Waals surface area (Å²) in [4.78, 5) is 9.73. The number of rotatable bonds is 4. The van der Waals surface area contributed by atoms with Crippen LogP contribution in [0.15, 0.2) is 6.07 Å². The van der Waals surface area contributed by atoms with Crippen molar-refractivity contribution in [2.24, 2.45) is 0 Å². The Morgan fingerprint density at radius 1 is 1.19 bits per heavy atom. The molecule has 1 fully saturated rings. The first-order valence-electron chi connectivity index (χ1n) is 7.82. The molecule has 5 heteroatoms. The van der Waals surface area contributed by atoms with Crippen molar-refractivity contribution in [1.29, 1.82) is 0 Å². The van der Waals surface area contributed by atoms with Crippen LogP contribution in [0, 0.1) is 0 Å². The summed E-state index contributed by atoms with van der Waals surface area (Å²) >= 11 is 4.10. The van der Waals surface area contributed by atoms with Gasteiger partial charge in [0.15, 0.2) is 0 Å². The van der Waals surface area contributed by atoms with Crippen LogP contribution in [0.2, 0.25) is 0 Å². The van der Waals surface area contributed by atoms with E-state index in [-0.39, 0.29) is 5.41 Å². The van der Waals surface area contributed by atoms with Crippen LogP contribution >= 0.6 is 23.5 Å². The van der Waals surface area contributed by atoms with E-state index in [1.807, 2.05) is 11.8 Å². The summed E-state index contributed by atoms with van der Waals surface area (Å²) in [6.45, 7) is 11.9. The van der Waals surface area contributed by atoms with Crippen molar-refractivity contribution in [1.82, 2.24) is 9.97 Å². The van der Waals surface area contributed by atoms with Gasteiger partial charge in [-0.05, 0) is 13.3 Å². The van der Waals surface area contributed by atoms with E-state index < -0.39 is 0 Å². The van der Waals surface area contributed by atoms with Gasteiger partial charge in [-0.3, -0.25) is 0 Å². The Labute approximate surface area is 137 Å². The van der Waals surface area contributed by atoms with E-state index in [0.29, 0.717) is 10.5 Å². The van der Waals surface area contributed by atoms with Crippen molar-refractivity contribution < 1.29 is 0 Å². The van der Waals surface area contributed by atoms with Crippen molar-refractivity contribution in [2.75, 3.05) is 23.4 Å².